The lowest BCUT2D eigenvalue weighted by molar-refractivity contribution is 0.265. The van der Waals surface area contributed by atoms with Gasteiger partial charge in [-0.2, -0.15) is 0 Å². The normalized spacial score (nSPS) is 10.7. The highest BCUT2D eigenvalue weighted by molar-refractivity contribution is 5.85. The number of aryl methyl sites for hydroxylation is 1. The van der Waals surface area contributed by atoms with E-state index in [1.54, 1.807) is 0 Å². The number of aliphatic hydroxyl groups is 1. The number of fused-ring (bicyclic) bond motifs is 1. The Morgan fingerprint density at radius 2 is 2.11 bits per heavy atom. The van der Waals surface area contributed by atoms with Crippen molar-refractivity contribution in [3.8, 4) is 0 Å². The van der Waals surface area contributed by atoms with Crippen molar-refractivity contribution in [1.82, 2.24) is 9.55 Å². The van der Waals surface area contributed by atoms with Crippen LogP contribution in [0.3, 0.4) is 0 Å². The molecule has 0 aliphatic heterocycles. The van der Waals surface area contributed by atoms with E-state index in [1.165, 1.54) is 12.8 Å². The maximum Gasteiger partial charge on any atom is 0.135 e. The van der Waals surface area contributed by atoms with Crippen molar-refractivity contribution < 1.29 is 5.11 Å². The van der Waals surface area contributed by atoms with Crippen molar-refractivity contribution in [2.45, 2.75) is 45.9 Å². The molecule has 106 valence electrons. The number of benzene rings is 1. The molecule has 0 saturated heterocycles. The molecule has 1 aromatic heterocycles. The Labute approximate surface area is 120 Å². The molecule has 1 heterocycles. The highest BCUT2D eigenvalue weighted by Crippen LogP contribution is 2.19. The monoisotopic (exact) mass is 283 g/mol. The average Bonchev–Trinajstić information content (AvgIpc) is 2.76. The summed E-state index contributed by atoms with van der Waals surface area (Å²) in [4.78, 5) is 4.48. The van der Waals surface area contributed by atoms with E-state index in [0.717, 1.165) is 35.4 Å². The fraction of sp³-hybridized carbons (Fsp3) is 0.500. The van der Waals surface area contributed by atoms with Gasteiger partial charge < -0.3 is 15.4 Å². The number of halogens is 1. The first kappa shape index (κ1) is 16.0. The van der Waals surface area contributed by atoms with E-state index in [2.05, 4.69) is 22.5 Å². The van der Waals surface area contributed by atoms with Gasteiger partial charge in [0.1, 0.15) is 12.4 Å². The third-order valence-corrected chi connectivity index (χ3v) is 3.25. The van der Waals surface area contributed by atoms with Crippen LogP contribution in [0.4, 0.5) is 0 Å². The summed E-state index contributed by atoms with van der Waals surface area (Å²) in [6, 6.07) is 6.09. The molecule has 0 fully saturated rings. The molecular formula is C14H22ClN3O. The Morgan fingerprint density at radius 1 is 1.32 bits per heavy atom. The van der Waals surface area contributed by atoms with Gasteiger partial charge in [0, 0.05) is 13.1 Å². The van der Waals surface area contributed by atoms with E-state index in [4.69, 9.17) is 5.73 Å². The van der Waals surface area contributed by atoms with Crippen LogP contribution in [0.15, 0.2) is 18.2 Å². The molecule has 2 aromatic rings. The third kappa shape index (κ3) is 3.47. The first-order valence-electron chi connectivity index (χ1n) is 6.59. The molecule has 0 unspecified atom stereocenters. The van der Waals surface area contributed by atoms with E-state index in [0.29, 0.717) is 6.54 Å². The lowest BCUT2D eigenvalue weighted by Crippen LogP contribution is -2.04. The zero-order valence-electron chi connectivity index (χ0n) is 11.3. The predicted molar refractivity (Wildman–Crippen MR) is 80.3 cm³/mol. The van der Waals surface area contributed by atoms with Crippen LogP contribution in [-0.4, -0.2) is 14.7 Å². The summed E-state index contributed by atoms with van der Waals surface area (Å²) < 4.78 is 2.12. The molecule has 0 spiro atoms. The smallest absolute Gasteiger partial charge is 0.135 e. The molecule has 19 heavy (non-hydrogen) atoms. The zero-order chi connectivity index (χ0) is 13.0. The van der Waals surface area contributed by atoms with Gasteiger partial charge in [-0.05, 0) is 24.1 Å². The van der Waals surface area contributed by atoms with Crippen molar-refractivity contribution in [3.05, 3.63) is 29.6 Å². The second-order valence-corrected chi connectivity index (χ2v) is 4.57. The van der Waals surface area contributed by atoms with E-state index in [-0.39, 0.29) is 19.0 Å². The van der Waals surface area contributed by atoms with Gasteiger partial charge in [0.25, 0.3) is 0 Å². The first-order valence-corrected chi connectivity index (χ1v) is 6.59. The fourth-order valence-corrected chi connectivity index (χ4v) is 2.24. The topological polar surface area (TPSA) is 64.1 Å². The Balaban J connectivity index is 0.00000180. The summed E-state index contributed by atoms with van der Waals surface area (Å²) in [7, 11) is 0. The molecule has 3 N–H and O–H groups in total. The van der Waals surface area contributed by atoms with E-state index < -0.39 is 0 Å². The number of hydrogen-bond acceptors (Lipinski definition) is 3. The van der Waals surface area contributed by atoms with Gasteiger partial charge in [-0.25, -0.2) is 4.98 Å². The van der Waals surface area contributed by atoms with Gasteiger partial charge in [0.05, 0.1) is 11.0 Å². The SMILES string of the molecule is CCCCCn1c(CO)nc2cc(CN)ccc21.Cl. The second-order valence-electron chi connectivity index (χ2n) is 4.57. The molecule has 1 aromatic carbocycles. The first-order chi connectivity index (χ1) is 8.80. The minimum absolute atomic E-state index is 0. The Kier molecular flexibility index (Phi) is 6.28. The van der Waals surface area contributed by atoms with Gasteiger partial charge in [-0.3, -0.25) is 0 Å². The summed E-state index contributed by atoms with van der Waals surface area (Å²) in [5.74, 6) is 0.746. The van der Waals surface area contributed by atoms with Crippen LogP contribution >= 0.6 is 12.4 Å². The molecule has 0 atom stereocenters. The summed E-state index contributed by atoms with van der Waals surface area (Å²) in [6.45, 7) is 3.61. The van der Waals surface area contributed by atoms with Crippen molar-refractivity contribution in [1.29, 1.82) is 0 Å². The fourth-order valence-electron chi connectivity index (χ4n) is 2.24. The number of aromatic nitrogens is 2. The molecule has 0 amide bonds. The van der Waals surface area contributed by atoms with Crippen LogP contribution in [0.1, 0.15) is 37.6 Å². The number of nitrogens with zero attached hydrogens (tertiary/aromatic N) is 2. The predicted octanol–water partition coefficient (Wildman–Crippen LogP) is 2.60. The molecular weight excluding hydrogens is 262 g/mol. The average molecular weight is 284 g/mol. The van der Waals surface area contributed by atoms with Crippen LogP contribution in [0, 0.1) is 0 Å². The molecule has 0 saturated carbocycles. The number of rotatable bonds is 6. The molecule has 0 bridgehead atoms. The molecule has 4 nitrogen and oxygen atoms in total. The van der Waals surface area contributed by atoms with Crippen molar-refractivity contribution in [3.63, 3.8) is 0 Å². The van der Waals surface area contributed by atoms with Gasteiger partial charge in [-0.1, -0.05) is 25.8 Å². The van der Waals surface area contributed by atoms with Crippen LogP contribution in [-0.2, 0) is 19.7 Å². The molecule has 0 radical (unpaired) electrons. The summed E-state index contributed by atoms with van der Waals surface area (Å²) in [6.07, 6.45) is 3.51. The van der Waals surface area contributed by atoms with Crippen LogP contribution in [0.5, 0.6) is 0 Å². The minimum atomic E-state index is -0.0151. The lowest BCUT2D eigenvalue weighted by atomic mass is 10.2. The highest BCUT2D eigenvalue weighted by atomic mass is 35.5. The van der Waals surface area contributed by atoms with Crippen molar-refractivity contribution >= 4 is 23.4 Å². The third-order valence-electron chi connectivity index (χ3n) is 3.25. The second kappa shape index (κ2) is 7.48. The van der Waals surface area contributed by atoms with E-state index >= 15 is 0 Å². The zero-order valence-corrected chi connectivity index (χ0v) is 12.1. The molecule has 0 aliphatic carbocycles. The number of hydrogen-bond donors (Lipinski definition) is 2. The Bertz CT molecular complexity index is 525. The van der Waals surface area contributed by atoms with Gasteiger partial charge in [0.15, 0.2) is 0 Å². The Morgan fingerprint density at radius 3 is 2.74 bits per heavy atom. The number of nitrogens with two attached hydrogens (primary N) is 1. The maximum absolute atomic E-state index is 9.39. The Hall–Kier alpha value is -1.10. The van der Waals surface area contributed by atoms with Gasteiger partial charge in [-0.15, -0.1) is 12.4 Å². The summed E-state index contributed by atoms with van der Waals surface area (Å²) >= 11 is 0. The van der Waals surface area contributed by atoms with Crippen LogP contribution in [0.25, 0.3) is 11.0 Å². The quantitative estimate of drug-likeness (QED) is 0.801. The van der Waals surface area contributed by atoms with Crippen molar-refractivity contribution in [2.75, 3.05) is 0 Å². The van der Waals surface area contributed by atoms with E-state index in [9.17, 15) is 5.11 Å². The lowest BCUT2D eigenvalue weighted by Gasteiger charge is -2.07. The molecule has 5 heteroatoms. The summed E-state index contributed by atoms with van der Waals surface area (Å²) in [5, 5.41) is 9.39. The number of imidazole rings is 1. The maximum atomic E-state index is 9.39. The number of aliphatic hydroxyl groups excluding tert-OH is 1. The van der Waals surface area contributed by atoms with Crippen LogP contribution < -0.4 is 5.73 Å². The standard InChI is InChI=1S/C14H21N3O.ClH/c1-2-3-4-7-17-13-6-5-11(9-15)8-12(13)16-14(17)10-18;/h5-6,8,18H,2-4,7,9-10,15H2,1H3;1H. The molecule has 2 rings (SSSR count). The van der Waals surface area contributed by atoms with Gasteiger partial charge >= 0.3 is 0 Å². The highest BCUT2D eigenvalue weighted by Gasteiger charge is 2.09. The summed E-state index contributed by atoms with van der Waals surface area (Å²) in [5.41, 5.74) is 8.73. The molecule has 0 aliphatic rings. The van der Waals surface area contributed by atoms with Crippen LogP contribution in [0.2, 0.25) is 0 Å². The van der Waals surface area contributed by atoms with E-state index in [1.807, 2.05) is 12.1 Å². The number of unbranched alkanes of at least 4 members (excludes halogenated alkanes) is 2. The van der Waals surface area contributed by atoms with Gasteiger partial charge in [0.2, 0.25) is 0 Å². The van der Waals surface area contributed by atoms with Crippen molar-refractivity contribution in [2.24, 2.45) is 5.73 Å². The largest absolute Gasteiger partial charge is 0.388 e. The minimum Gasteiger partial charge on any atom is -0.388 e.